The summed E-state index contributed by atoms with van der Waals surface area (Å²) in [6.45, 7) is 10.9. The third-order valence-corrected chi connectivity index (χ3v) is 6.98. The Hall–Kier alpha value is -2.59. The number of nitrogens with zero attached hydrogens (tertiary/aromatic N) is 3. The first-order chi connectivity index (χ1) is 15.6. The van der Waals surface area contributed by atoms with Crippen molar-refractivity contribution in [2.45, 2.75) is 72.9 Å². The highest BCUT2D eigenvalue weighted by Gasteiger charge is 2.35. The van der Waals surface area contributed by atoms with Crippen molar-refractivity contribution >= 4 is 28.9 Å². The van der Waals surface area contributed by atoms with Gasteiger partial charge in [-0.25, -0.2) is 4.79 Å². The Bertz CT molecular complexity index is 1020. The number of aromatic nitrogens is 2. The minimum absolute atomic E-state index is 0.0456. The van der Waals surface area contributed by atoms with Crippen LogP contribution in [0.15, 0.2) is 24.5 Å². The van der Waals surface area contributed by atoms with Gasteiger partial charge in [0, 0.05) is 23.7 Å². The van der Waals surface area contributed by atoms with Gasteiger partial charge in [0.15, 0.2) is 0 Å². The number of methoxy groups -OCH3 is 1. The van der Waals surface area contributed by atoms with Crippen LogP contribution in [0.2, 0.25) is 0 Å². The summed E-state index contributed by atoms with van der Waals surface area (Å²) in [6, 6.07) is 3.54. The van der Waals surface area contributed by atoms with Crippen LogP contribution in [-0.4, -0.2) is 34.8 Å². The maximum absolute atomic E-state index is 13.9. The summed E-state index contributed by atoms with van der Waals surface area (Å²) < 4.78 is 6.90. The largest absolute Gasteiger partial charge is 0.465 e. The van der Waals surface area contributed by atoms with E-state index in [1.165, 1.54) is 18.4 Å². The van der Waals surface area contributed by atoms with Crippen LogP contribution in [-0.2, 0) is 16.1 Å². The first kappa shape index (κ1) is 25.0. The average Bonchev–Trinajstić information content (AvgIpc) is 3.42. The number of thiophene rings is 1. The average molecular weight is 470 g/mol. The third kappa shape index (κ3) is 6.48. The van der Waals surface area contributed by atoms with E-state index in [0.717, 1.165) is 30.6 Å². The number of carbonyl (C=O) groups excluding carboxylic acids is 2. The van der Waals surface area contributed by atoms with E-state index in [9.17, 15) is 9.59 Å². The maximum Gasteiger partial charge on any atom is 0.350 e. The highest BCUT2D eigenvalue weighted by atomic mass is 32.1. The molecule has 0 aromatic carbocycles. The number of carbonyl (C=O) groups is 2. The lowest BCUT2D eigenvalue weighted by molar-refractivity contribution is -0.124. The highest BCUT2D eigenvalue weighted by molar-refractivity contribution is 7.15. The van der Waals surface area contributed by atoms with Crippen molar-refractivity contribution in [1.29, 1.82) is 0 Å². The monoisotopic (exact) mass is 469 g/mol. The lowest BCUT2D eigenvalue weighted by Crippen LogP contribution is -2.45. The van der Waals surface area contributed by atoms with Gasteiger partial charge in [-0.15, -0.1) is 11.3 Å². The van der Waals surface area contributed by atoms with Crippen molar-refractivity contribution in [3.05, 3.63) is 34.3 Å². The SMILES string of the molecule is COC(=O)c1sc(C#CC(C)(C)C)cc1N(C(=O)[C@H]1CC[C@H](C)CC1)C(C)Cn1cccn1. The first-order valence-corrected chi connectivity index (χ1v) is 12.5. The quantitative estimate of drug-likeness (QED) is 0.421. The molecule has 0 N–H and O–H groups in total. The molecule has 1 amide bonds. The Labute approximate surface area is 201 Å². The number of hydrogen-bond acceptors (Lipinski definition) is 5. The molecule has 0 saturated heterocycles. The van der Waals surface area contributed by atoms with Gasteiger partial charge in [0.1, 0.15) is 4.88 Å². The Morgan fingerprint density at radius 2 is 2.00 bits per heavy atom. The molecule has 33 heavy (non-hydrogen) atoms. The zero-order valence-electron chi connectivity index (χ0n) is 20.6. The van der Waals surface area contributed by atoms with Gasteiger partial charge in [0.25, 0.3) is 0 Å². The van der Waals surface area contributed by atoms with E-state index in [0.29, 0.717) is 23.0 Å². The molecule has 2 aromatic rings. The predicted molar refractivity (Wildman–Crippen MR) is 132 cm³/mol. The topological polar surface area (TPSA) is 64.4 Å². The predicted octanol–water partition coefficient (Wildman–Crippen LogP) is 5.38. The first-order valence-electron chi connectivity index (χ1n) is 11.6. The van der Waals surface area contributed by atoms with Crippen LogP contribution >= 0.6 is 11.3 Å². The molecule has 1 atom stereocenters. The summed E-state index contributed by atoms with van der Waals surface area (Å²) in [7, 11) is 1.37. The van der Waals surface area contributed by atoms with E-state index in [4.69, 9.17) is 4.74 Å². The van der Waals surface area contributed by atoms with Crippen LogP contribution in [0.5, 0.6) is 0 Å². The van der Waals surface area contributed by atoms with Crippen LogP contribution in [0.3, 0.4) is 0 Å². The molecule has 1 unspecified atom stereocenters. The van der Waals surface area contributed by atoms with E-state index >= 15 is 0 Å². The number of esters is 1. The van der Waals surface area contributed by atoms with Crippen LogP contribution < -0.4 is 4.90 Å². The van der Waals surface area contributed by atoms with Crippen molar-refractivity contribution in [2.24, 2.45) is 17.3 Å². The van der Waals surface area contributed by atoms with Crippen molar-refractivity contribution in [3.63, 3.8) is 0 Å². The molecule has 3 rings (SSSR count). The molecule has 2 heterocycles. The summed E-state index contributed by atoms with van der Waals surface area (Å²) >= 11 is 1.29. The second kappa shape index (κ2) is 10.6. The summed E-state index contributed by atoms with van der Waals surface area (Å²) in [4.78, 5) is 29.6. The van der Waals surface area contributed by atoms with Crippen molar-refractivity contribution in [2.75, 3.05) is 12.0 Å². The minimum atomic E-state index is -0.444. The molecule has 1 fully saturated rings. The van der Waals surface area contributed by atoms with Crippen molar-refractivity contribution in [1.82, 2.24) is 9.78 Å². The maximum atomic E-state index is 13.9. The van der Waals surface area contributed by atoms with Gasteiger partial charge in [0.05, 0.1) is 30.3 Å². The number of rotatable bonds is 6. The number of ether oxygens (including phenoxy) is 1. The van der Waals surface area contributed by atoms with Crippen LogP contribution in [0.4, 0.5) is 5.69 Å². The van der Waals surface area contributed by atoms with Gasteiger partial charge in [-0.1, -0.05) is 18.8 Å². The summed E-state index contributed by atoms with van der Waals surface area (Å²) in [6.07, 6.45) is 7.46. The van der Waals surface area contributed by atoms with Gasteiger partial charge < -0.3 is 9.64 Å². The lowest BCUT2D eigenvalue weighted by atomic mass is 9.82. The summed E-state index contributed by atoms with van der Waals surface area (Å²) in [5, 5.41) is 4.32. The summed E-state index contributed by atoms with van der Waals surface area (Å²) in [5.41, 5.74) is 0.422. The van der Waals surface area contributed by atoms with Gasteiger partial charge in [0.2, 0.25) is 5.91 Å². The Kier molecular flexibility index (Phi) is 8.01. The Morgan fingerprint density at radius 1 is 1.30 bits per heavy atom. The molecule has 0 radical (unpaired) electrons. The smallest absolute Gasteiger partial charge is 0.350 e. The van der Waals surface area contributed by atoms with Crippen molar-refractivity contribution in [3.8, 4) is 11.8 Å². The molecule has 7 heteroatoms. The van der Waals surface area contributed by atoms with Gasteiger partial charge in [-0.05, 0) is 71.4 Å². The molecule has 6 nitrogen and oxygen atoms in total. The van der Waals surface area contributed by atoms with E-state index in [2.05, 4.69) is 23.9 Å². The molecule has 178 valence electrons. The zero-order chi connectivity index (χ0) is 24.2. The highest BCUT2D eigenvalue weighted by Crippen LogP contribution is 2.36. The van der Waals surface area contributed by atoms with Gasteiger partial charge >= 0.3 is 5.97 Å². The minimum Gasteiger partial charge on any atom is -0.465 e. The Morgan fingerprint density at radius 3 is 2.58 bits per heavy atom. The fourth-order valence-corrected chi connectivity index (χ4v) is 5.07. The fourth-order valence-electron chi connectivity index (χ4n) is 4.15. The second-order valence-electron chi connectivity index (χ2n) is 10.1. The van der Waals surface area contributed by atoms with E-state index in [1.54, 1.807) is 11.1 Å². The second-order valence-corrected chi connectivity index (χ2v) is 11.1. The standard InChI is InChI=1S/C26H35N3O3S/c1-18-8-10-20(11-9-18)24(30)29(19(2)17-28-15-7-14-27-28)22-16-21(12-13-26(3,4)5)33-23(22)25(31)32-6/h7,14-16,18-20H,8-11,17H2,1-6H3/t18-,19?,20-. The molecule has 0 aliphatic heterocycles. The molecule has 0 spiro atoms. The van der Waals surface area contributed by atoms with Crippen LogP contribution in [0.25, 0.3) is 0 Å². The van der Waals surface area contributed by atoms with E-state index < -0.39 is 5.97 Å². The third-order valence-electron chi connectivity index (χ3n) is 5.96. The molecule has 2 aromatic heterocycles. The Balaban J connectivity index is 2.03. The fraction of sp³-hybridized carbons (Fsp3) is 0.577. The normalized spacial score (nSPS) is 19.3. The number of anilines is 1. The molecule has 0 bridgehead atoms. The van der Waals surface area contributed by atoms with Crippen LogP contribution in [0, 0.1) is 29.1 Å². The zero-order valence-corrected chi connectivity index (χ0v) is 21.4. The molecular weight excluding hydrogens is 434 g/mol. The molecule has 1 saturated carbocycles. The van der Waals surface area contributed by atoms with Crippen LogP contribution in [0.1, 0.15) is 74.9 Å². The molecular formula is C26H35N3O3S. The number of hydrogen-bond donors (Lipinski definition) is 0. The lowest BCUT2D eigenvalue weighted by Gasteiger charge is -2.34. The summed E-state index contributed by atoms with van der Waals surface area (Å²) in [5.74, 6) is 6.65. The van der Waals surface area contributed by atoms with Crippen molar-refractivity contribution < 1.29 is 14.3 Å². The molecule has 1 aliphatic carbocycles. The van der Waals surface area contributed by atoms with Gasteiger partial charge in [-0.3, -0.25) is 9.48 Å². The van der Waals surface area contributed by atoms with E-state index in [1.807, 2.05) is 50.7 Å². The number of amides is 1. The molecule has 1 aliphatic rings. The van der Waals surface area contributed by atoms with Gasteiger partial charge in [-0.2, -0.15) is 5.10 Å². The van der Waals surface area contributed by atoms with E-state index in [-0.39, 0.29) is 23.3 Å².